The van der Waals surface area contributed by atoms with Gasteiger partial charge < -0.3 is 0 Å². The first-order chi connectivity index (χ1) is 6.16. The molecule has 1 atom stereocenters. The second-order valence-corrected chi connectivity index (χ2v) is 6.40. The van der Waals surface area contributed by atoms with E-state index in [2.05, 4.69) is 62.4 Å². The van der Waals surface area contributed by atoms with Crippen molar-refractivity contribution >= 4 is 10.2 Å². The third-order valence-corrected chi connectivity index (χ3v) is 6.13. The van der Waals surface area contributed by atoms with Crippen molar-refractivity contribution in [1.82, 2.24) is 4.72 Å². The minimum absolute atomic E-state index is 0.699. The summed E-state index contributed by atoms with van der Waals surface area (Å²) in [5.74, 6) is 0. The van der Waals surface area contributed by atoms with Crippen molar-refractivity contribution in [3.05, 3.63) is 23.0 Å². The fourth-order valence-corrected chi connectivity index (χ4v) is 4.13. The van der Waals surface area contributed by atoms with Crippen molar-refractivity contribution in [2.24, 2.45) is 0 Å². The zero-order valence-corrected chi connectivity index (χ0v) is 10.3. The molecule has 1 N–H and O–H groups in total. The molecule has 13 heavy (non-hydrogen) atoms. The van der Waals surface area contributed by atoms with E-state index >= 15 is 0 Å². The molecule has 0 aromatic heterocycles. The molecule has 0 aromatic rings. The predicted molar refractivity (Wildman–Crippen MR) is 66.0 cm³/mol. The molecular weight excluding hydrogens is 178 g/mol. The van der Waals surface area contributed by atoms with Gasteiger partial charge in [-0.15, -0.1) is 10.2 Å². The lowest BCUT2D eigenvalue weighted by atomic mass is 10.4. The van der Waals surface area contributed by atoms with Crippen molar-refractivity contribution in [2.75, 3.05) is 7.05 Å². The zero-order valence-electron chi connectivity index (χ0n) is 9.50. The van der Waals surface area contributed by atoms with Gasteiger partial charge >= 0.3 is 0 Å². The molecule has 1 unspecified atom stereocenters. The lowest BCUT2D eigenvalue weighted by Crippen LogP contribution is -2.22. The Hall–Kier alpha value is -0.210. The van der Waals surface area contributed by atoms with Gasteiger partial charge in [0.2, 0.25) is 0 Å². The Morgan fingerprint density at radius 2 is 1.69 bits per heavy atom. The van der Waals surface area contributed by atoms with Crippen LogP contribution in [-0.2, 0) is 0 Å². The van der Waals surface area contributed by atoms with Crippen molar-refractivity contribution in [1.29, 1.82) is 0 Å². The number of nitrogens with one attached hydrogen (secondary N) is 1. The van der Waals surface area contributed by atoms with Gasteiger partial charge in [-0.2, -0.15) is 0 Å². The minimum atomic E-state index is -0.874. The lowest BCUT2D eigenvalue weighted by molar-refractivity contribution is 0.888. The molecule has 0 saturated carbocycles. The van der Waals surface area contributed by atoms with Gasteiger partial charge in [0.1, 0.15) is 0 Å². The quantitative estimate of drug-likeness (QED) is 0.713. The molecule has 0 amide bonds. The molecule has 0 radical (unpaired) electrons. The van der Waals surface area contributed by atoms with Gasteiger partial charge in [-0.3, -0.25) is 4.72 Å². The van der Waals surface area contributed by atoms with Gasteiger partial charge in [0.05, 0.1) is 0 Å². The first-order valence-corrected chi connectivity index (χ1v) is 6.75. The Morgan fingerprint density at radius 3 is 1.92 bits per heavy atom. The van der Waals surface area contributed by atoms with Crippen LogP contribution in [0.1, 0.15) is 34.1 Å². The standard InChI is InChI=1S/C11H23NS/c1-6-9-13(12-5,10-7-2)11(4)8-3/h6-7,9-12H,8H2,1-5H3/b9-6-,10-7-. The van der Waals surface area contributed by atoms with Crippen molar-refractivity contribution in [2.45, 2.75) is 39.4 Å². The predicted octanol–water partition coefficient (Wildman–Crippen LogP) is 3.79. The van der Waals surface area contributed by atoms with Crippen LogP contribution in [0.15, 0.2) is 23.0 Å². The fourth-order valence-electron chi connectivity index (χ4n) is 1.38. The van der Waals surface area contributed by atoms with Crippen molar-refractivity contribution < 1.29 is 0 Å². The monoisotopic (exact) mass is 201 g/mol. The molecule has 0 aliphatic heterocycles. The Kier molecular flexibility index (Phi) is 6.17. The van der Waals surface area contributed by atoms with Crippen molar-refractivity contribution in [3.63, 3.8) is 0 Å². The largest absolute Gasteiger partial charge is 0.277 e. The number of hydrogen-bond donors (Lipinski definition) is 1. The molecule has 0 aromatic carbocycles. The summed E-state index contributed by atoms with van der Waals surface area (Å²) in [6.07, 6.45) is 5.51. The average molecular weight is 201 g/mol. The van der Waals surface area contributed by atoms with Crippen LogP contribution in [-0.4, -0.2) is 12.3 Å². The number of rotatable bonds is 5. The molecule has 0 heterocycles. The van der Waals surface area contributed by atoms with Gasteiger partial charge in [-0.05, 0) is 38.1 Å². The van der Waals surface area contributed by atoms with Crippen LogP contribution in [0.5, 0.6) is 0 Å². The Morgan fingerprint density at radius 1 is 1.23 bits per heavy atom. The summed E-state index contributed by atoms with van der Waals surface area (Å²) in [7, 11) is 1.18. The highest BCUT2D eigenvalue weighted by molar-refractivity contribution is 8.37. The summed E-state index contributed by atoms with van der Waals surface area (Å²) in [6, 6.07) is 0. The molecule has 0 fully saturated rings. The van der Waals surface area contributed by atoms with Crippen LogP contribution in [0.3, 0.4) is 0 Å². The normalized spacial score (nSPS) is 17.0. The van der Waals surface area contributed by atoms with Crippen LogP contribution < -0.4 is 4.72 Å². The molecule has 2 heteroatoms. The van der Waals surface area contributed by atoms with Crippen molar-refractivity contribution in [3.8, 4) is 0 Å². The third kappa shape index (κ3) is 3.20. The van der Waals surface area contributed by atoms with E-state index in [-0.39, 0.29) is 0 Å². The average Bonchev–Trinajstić information content (AvgIpc) is 2.16. The summed E-state index contributed by atoms with van der Waals surface area (Å²) < 4.78 is 3.48. The minimum Gasteiger partial charge on any atom is -0.277 e. The van der Waals surface area contributed by atoms with E-state index in [1.165, 1.54) is 6.42 Å². The molecule has 0 spiro atoms. The van der Waals surface area contributed by atoms with Gasteiger partial charge in [-0.25, -0.2) is 0 Å². The summed E-state index contributed by atoms with van der Waals surface area (Å²) in [6.45, 7) is 8.73. The van der Waals surface area contributed by atoms with E-state index in [0.29, 0.717) is 5.25 Å². The molecule has 78 valence electrons. The highest BCUT2D eigenvalue weighted by Gasteiger charge is 2.21. The molecular formula is C11H23NS. The Bertz CT molecular complexity index is 173. The molecule has 0 rings (SSSR count). The molecule has 0 saturated heterocycles. The van der Waals surface area contributed by atoms with Crippen LogP contribution in [0.25, 0.3) is 0 Å². The maximum absolute atomic E-state index is 3.48. The number of hydrogen-bond acceptors (Lipinski definition) is 1. The maximum Gasteiger partial charge on any atom is 0.00448 e. The first kappa shape index (κ1) is 12.8. The van der Waals surface area contributed by atoms with Gasteiger partial charge in [0.25, 0.3) is 0 Å². The maximum atomic E-state index is 3.48. The lowest BCUT2D eigenvalue weighted by Gasteiger charge is -2.39. The topological polar surface area (TPSA) is 12.0 Å². The SMILES string of the molecule is C/C=C\S(/C=C\C)(NC)C(C)CC. The summed E-state index contributed by atoms with van der Waals surface area (Å²) >= 11 is 0. The van der Waals surface area contributed by atoms with E-state index in [4.69, 9.17) is 0 Å². The van der Waals surface area contributed by atoms with E-state index in [1.807, 2.05) is 0 Å². The second-order valence-electron chi connectivity index (χ2n) is 3.12. The van der Waals surface area contributed by atoms with Gasteiger partial charge in [0.15, 0.2) is 0 Å². The van der Waals surface area contributed by atoms with Crippen LogP contribution in [0.4, 0.5) is 0 Å². The highest BCUT2D eigenvalue weighted by Crippen LogP contribution is 2.52. The van der Waals surface area contributed by atoms with Gasteiger partial charge in [-0.1, -0.05) is 26.0 Å². The van der Waals surface area contributed by atoms with E-state index in [1.54, 1.807) is 0 Å². The molecule has 0 aliphatic rings. The third-order valence-electron chi connectivity index (χ3n) is 2.32. The first-order valence-electron chi connectivity index (χ1n) is 4.93. The van der Waals surface area contributed by atoms with E-state index < -0.39 is 10.2 Å². The summed E-state index contributed by atoms with van der Waals surface area (Å²) in [5.41, 5.74) is 0. The Balaban J connectivity index is 4.84. The second kappa shape index (κ2) is 6.28. The fraction of sp³-hybridized carbons (Fsp3) is 0.636. The van der Waals surface area contributed by atoms with Crippen LogP contribution >= 0.6 is 10.2 Å². The molecule has 0 bridgehead atoms. The van der Waals surface area contributed by atoms with Crippen LogP contribution in [0, 0.1) is 0 Å². The summed E-state index contributed by atoms with van der Waals surface area (Å²) in [5, 5.41) is 5.34. The van der Waals surface area contributed by atoms with E-state index in [0.717, 1.165) is 0 Å². The number of allylic oxidation sites excluding steroid dienone is 2. The summed E-state index contributed by atoms with van der Waals surface area (Å²) in [4.78, 5) is 0. The zero-order chi connectivity index (χ0) is 10.3. The van der Waals surface area contributed by atoms with Gasteiger partial charge in [0, 0.05) is 5.25 Å². The van der Waals surface area contributed by atoms with E-state index in [9.17, 15) is 0 Å². The molecule has 0 aliphatic carbocycles. The highest BCUT2D eigenvalue weighted by atomic mass is 32.3. The Labute approximate surface area is 84.8 Å². The smallest absolute Gasteiger partial charge is 0.00448 e. The molecule has 1 nitrogen and oxygen atoms in total. The van der Waals surface area contributed by atoms with Crippen LogP contribution in [0.2, 0.25) is 0 Å².